The summed E-state index contributed by atoms with van der Waals surface area (Å²) < 4.78 is 26.7. The molecular weight excluding hydrogens is 286 g/mol. The SMILES string of the molecule is NC1CCCC2CN(S(=O)(=O)CCc3ccccn3)CC12. The lowest BCUT2D eigenvalue weighted by atomic mass is 9.78. The largest absolute Gasteiger partial charge is 0.327 e. The summed E-state index contributed by atoms with van der Waals surface area (Å²) in [6.45, 7) is 1.26. The Morgan fingerprint density at radius 1 is 1.29 bits per heavy atom. The molecule has 1 aromatic rings. The monoisotopic (exact) mass is 309 g/mol. The summed E-state index contributed by atoms with van der Waals surface area (Å²) in [4.78, 5) is 4.19. The maximum absolute atomic E-state index is 12.5. The van der Waals surface area contributed by atoms with Gasteiger partial charge in [0.1, 0.15) is 0 Å². The van der Waals surface area contributed by atoms with Gasteiger partial charge in [-0.05, 0) is 36.8 Å². The molecule has 1 aromatic heterocycles. The number of hydrogen-bond donors (Lipinski definition) is 1. The molecule has 0 aromatic carbocycles. The molecule has 3 atom stereocenters. The van der Waals surface area contributed by atoms with Gasteiger partial charge in [0.25, 0.3) is 0 Å². The van der Waals surface area contributed by atoms with Crippen molar-refractivity contribution in [1.29, 1.82) is 0 Å². The fourth-order valence-corrected chi connectivity index (χ4v) is 5.15. The van der Waals surface area contributed by atoms with E-state index in [9.17, 15) is 8.42 Å². The zero-order chi connectivity index (χ0) is 14.9. The Bertz CT molecular complexity index is 576. The van der Waals surface area contributed by atoms with E-state index in [4.69, 9.17) is 5.73 Å². The van der Waals surface area contributed by atoms with Crippen molar-refractivity contribution in [2.75, 3.05) is 18.8 Å². The predicted octanol–water partition coefficient (Wildman–Crippen LogP) is 1.01. The molecule has 0 bridgehead atoms. The summed E-state index contributed by atoms with van der Waals surface area (Å²) in [6.07, 6.45) is 5.45. The number of rotatable bonds is 4. The number of nitrogens with zero attached hydrogens (tertiary/aromatic N) is 2. The van der Waals surface area contributed by atoms with E-state index in [1.807, 2.05) is 18.2 Å². The normalized spacial score (nSPS) is 30.2. The van der Waals surface area contributed by atoms with Crippen molar-refractivity contribution >= 4 is 10.0 Å². The van der Waals surface area contributed by atoms with Crippen LogP contribution in [0.25, 0.3) is 0 Å². The summed E-state index contributed by atoms with van der Waals surface area (Å²) in [7, 11) is -3.20. The molecule has 0 radical (unpaired) electrons. The molecule has 6 heteroatoms. The molecule has 116 valence electrons. The first kappa shape index (κ1) is 14.9. The molecule has 2 aliphatic rings. The van der Waals surface area contributed by atoms with Crippen LogP contribution in [0.4, 0.5) is 0 Å². The molecule has 3 unspecified atom stereocenters. The van der Waals surface area contributed by atoms with Gasteiger partial charge in [0, 0.05) is 37.4 Å². The first-order valence-corrected chi connectivity index (χ1v) is 9.30. The minimum atomic E-state index is -3.20. The van der Waals surface area contributed by atoms with Crippen LogP contribution < -0.4 is 5.73 Å². The third-order valence-electron chi connectivity index (χ3n) is 4.86. The van der Waals surface area contributed by atoms with Crippen LogP contribution >= 0.6 is 0 Å². The van der Waals surface area contributed by atoms with Gasteiger partial charge in [-0.3, -0.25) is 4.98 Å². The molecule has 0 amide bonds. The van der Waals surface area contributed by atoms with Gasteiger partial charge in [-0.25, -0.2) is 12.7 Å². The summed E-state index contributed by atoms with van der Waals surface area (Å²) in [5, 5.41) is 0. The van der Waals surface area contributed by atoms with Gasteiger partial charge >= 0.3 is 0 Å². The lowest BCUT2D eigenvalue weighted by Crippen LogP contribution is -2.38. The third kappa shape index (κ3) is 3.27. The molecule has 1 aliphatic heterocycles. The number of pyridine rings is 1. The number of aryl methyl sites for hydroxylation is 1. The fourth-order valence-electron chi connectivity index (χ4n) is 3.61. The molecule has 1 saturated carbocycles. The number of sulfonamides is 1. The average Bonchev–Trinajstić information content (AvgIpc) is 2.93. The second-order valence-corrected chi connectivity index (χ2v) is 8.31. The Labute approximate surface area is 126 Å². The van der Waals surface area contributed by atoms with Crippen molar-refractivity contribution in [3.63, 3.8) is 0 Å². The lowest BCUT2D eigenvalue weighted by molar-refractivity contribution is 0.260. The van der Waals surface area contributed by atoms with E-state index in [1.165, 1.54) is 0 Å². The number of aromatic nitrogens is 1. The molecule has 2 heterocycles. The van der Waals surface area contributed by atoms with Gasteiger partial charge in [0.15, 0.2) is 0 Å². The topological polar surface area (TPSA) is 76.3 Å². The Morgan fingerprint density at radius 3 is 2.86 bits per heavy atom. The molecular formula is C15H23N3O2S. The van der Waals surface area contributed by atoms with Crippen LogP contribution in [0.2, 0.25) is 0 Å². The zero-order valence-electron chi connectivity index (χ0n) is 12.2. The van der Waals surface area contributed by atoms with E-state index in [1.54, 1.807) is 10.5 Å². The van der Waals surface area contributed by atoms with Crippen molar-refractivity contribution in [1.82, 2.24) is 9.29 Å². The molecule has 1 aliphatic carbocycles. The van der Waals surface area contributed by atoms with Gasteiger partial charge in [-0.15, -0.1) is 0 Å². The summed E-state index contributed by atoms with van der Waals surface area (Å²) >= 11 is 0. The summed E-state index contributed by atoms with van der Waals surface area (Å²) in [5.74, 6) is 0.945. The molecule has 2 fully saturated rings. The molecule has 5 nitrogen and oxygen atoms in total. The van der Waals surface area contributed by atoms with Crippen LogP contribution in [0.5, 0.6) is 0 Å². The minimum Gasteiger partial charge on any atom is -0.327 e. The Kier molecular flexibility index (Phi) is 4.28. The predicted molar refractivity (Wildman–Crippen MR) is 82.1 cm³/mol. The summed E-state index contributed by atoms with van der Waals surface area (Å²) in [6, 6.07) is 5.76. The fraction of sp³-hybridized carbons (Fsp3) is 0.667. The van der Waals surface area contributed by atoms with Crippen LogP contribution in [-0.2, 0) is 16.4 Å². The van der Waals surface area contributed by atoms with Crippen LogP contribution in [0, 0.1) is 11.8 Å². The second kappa shape index (κ2) is 6.02. The van der Waals surface area contributed by atoms with Crippen LogP contribution in [-0.4, -0.2) is 42.6 Å². The van der Waals surface area contributed by atoms with Crippen molar-refractivity contribution in [3.8, 4) is 0 Å². The maximum atomic E-state index is 12.5. The Balaban J connectivity index is 1.63. The highest BCUT2D eigenvalue weighted by molar-refractivity contribution is 7.89. The lowest BCUT2D eigenvalue weighted by Gasteiger charge is -2.29. The van der Waals surface area contributed by atoms with Crippen molar-refractivity contribution < 1.29 is 8.42 Å². The van der Waals surface area contributed by atoms with E-state index in [0.717, 1.165) is 25.0 Å². The van der Waals surface area contributed by atoms with Crippen LogP contribution in [0.1, 0.15) is 25.0 Å². The van der Waals surface area contributed by atoms with Crippen LogP contribution in [0.3, 0.4) is 0 Å². The smallest absolute Gasteiger partial charge is 0.214 e. The quantitative estimate of drug-likeness (QED) is 0.900. The minimum absolute atomic E-state index is 0.138. The van der Waals surface area contributed by atoms with Crippen molar-refractivity contribution in [2.24, 2.45) is 17.6 Å². The van der Waals surface area contributed by atoms with Crippen LogP contribution in [0.15, 0.2) is 24.4 Å². The highest BCUT2D eigenvalue weighted by Crippen LogP contribution is 2.36. The first-order valence-electron chi connectivity index (χ1n) is 7.69. The van der Waals surface area contributed by atoms with Crippen molar-refractivity contribution in [2.45, 2.75) is 31.7 Å². The van der Waals surface area contributed by atoms with Gasteiger partial charge in [0.2, 0.25) is 10.0 Å². The highest BCUT2D eigenvalue weighted by Gasteiger charge is 2.42. The maximum Gasteiger partial charge on any atom is 0.214 e. The Hall–Kier alpha value is -0.980. The molecule has 0 spiro atoms. The van der Waals surface area contributed by atoms with E-state index < -0.39 is 10.0 Å². The van der Waals surface area contributed by atoms with Gasteiger partial charge in [0.05, 0.1) is 5.75 Å². The molecule has 3 rings (SSSR count). The zero-order valence-corrected chi connectivity index (χ0v) is 13.0. The molecule has 1 saturated heterocycles. The van der Waals surface area contributed by atoms with E-state index in [0.29, 0.717) is 31.3 Å². The molecule has 2 N–H and O–H groups in total. The second-order valence-electron chi connectivity index (χ2n) is 6.22. The highest BCUT2D eigenvalue weighted by atomic mass is 32.2. The first-order chi connectivity index (χ1) is 10.1. The van der Waals surface area contributed by atoms with Crippen molar-refractivity contribution in [3.05, 3.63) is 30.1 Å². The van der Waals surface area contributed by atoms with Gasteiger partial charge in [-0.1, -0.05) is 12.5 Å². The average molecular weight is 309 g/mol. The van der Waals surface area contributed by atoms with E-state index >= 15 is 0 Å². The number of fused-ring (bicyclic) bond motifs is 1. The molecule has 21 heavy (non-hydrogen) atoms. The van der Waals surface area contributed by atoms with E-state index in [-0.39, 0.29) is 11.8 Å². The Morgan fingerprint density at radius 2 is 2.14 bits per heavy atom. The third-order valence-corrected chi connectivity index (χ3v) is 6.66. The number of nitrogens with two attached hydrogens (primary N) is 1. The van der Waals surface area contributed by atoms with E-state index in [2.05, 4.69) is 4.98 Å². The van der Waals surface area contributed by atoms with Gasteiger partial charge < -0.3 is 5.73 Å². The van der Waals surface area contributed by atoms with Gasteiger partial charge in [-0.2, -0.15) is 0 Å². The standard InChI is InChI=1S/C15H23N3O2S/c16-15-6-3-4-12-10-18(11-14(12)15)21(19,20)9-7-13-5-1-2-8-17-13/h1-2,5,8,12,14-15H,3-4,6-7,9-11,16H2. The number of hydrogen-bond acceptors (Lipinski definition) is 4. The summed E-state index contributed by atoms with van der Waals surface area (Å²) in [5.41, 5.74) is 6.99.